The van der Waals surface area contributed by atoms with E-state index in [1.165, 1.54) is 0 Å². The molecule has 0 aliphatic heterocycles. The van der Waals surface area contributed by atoms with Gasteiger partial charge < -0.3 is 17.2 Å². The Morgan fingerprint density at radius 3 is 1.80 bits per heavy atom. The molecule has 0 heterocycles. The van der Waals surface area contributed by atoms with Crippen molar-refractivity contribution < 1.29 is 0 Å². The Bertz CT molecular complexity index is 393. The Hall–Kier alpha value is -2.16. The summed E-state index contributed by atoms with van der Waals surface area (Å²) in [6.45, 7) is 16.8. The first-order chi connectivity index (χ1) is 9.51. The van der Waals surface area contributed by atoms with Crippen LogP contribution in [0.5, 0.6) is 0 Å². The molecule has 3 nitrogen and oxygen atoms in total. The van der Waals surface area contributed by atoms with Crippen LogP contribution in [-0.4, -0.2) is 0 Å². The van der Waals surface area contributed by atoms with Gasteiger partial charge in [0, 0.05) is 17.1 Å². The zero-order chi connectivity index (χ0) is 16.6. The van der Waals surface area contributed by atoms with Crippen LogP contribution in [0.4, 0.5) is 11.4 Å². The highest BCUT2D eigenvalue weighted by atomic mass is 14.6. The molecule has 0 spiro atoms. The van der Waals surface area contributed by atoms with Crippen LogP contribution in [0.2, 0.25) is 0 Å². The quantitative estimate of drug-likeness (QED) is 0.553. The van der Waals surface area contributed by atoms with Crippen LogP contribution in [0.25, 0.3) is 0 Å². The summed E-state index contributed by atoms with van der Waals surface area (Å²) in [6.07, 6.45) is 4.88. The van der Waals surface area contributed by atoms with Gasteiger partial charge in [-0.3, -0.25) is 0 Å². The Kier molecular flexibility index (Phi) is 19.3. The minimum atomic E-state index is 0.648. The normalized spacial score (nSPS) is 8.55. The zero-order valence-corrected chi connectivity index (χ0v) is 13.6. The summed E-state index contributed by atoms with van der Waals surface area (Å²) >= 11 is 0. The second-order valence-corrected chi connectivity index (χ2v) is 3.22. The number of hydrogen-bond acceptors (Lipinski definition) is 3. The van der Waals surface area contributed by atoms with E-state index in [0.29, 0.717) is 5.70 Å². The van der Waals surface area contributed by atoms with E-state index in [2.05, 4.69) is 13.2 Å². The minimum Gasteiger partial charge on any atom is -0.399 e. The van der Waals surface area contributed by atoms with Crippen LogP contribution >= 0.6 is 0 Å². The standard InChI is InChI=1S/C7H10N2.C6H9N.2C2H6/c1-5-4-6(8)2-3-7(5)9;1-3-5-6(7)4-2;2*1-2/h2-4H,8-9H2,1H3;3-5H,1-2,7H2;2*1-2H3/b;6-5+;;. The van der Waals surface area contributed by atoms with Gasteiger partial charge in [0.2, 0.25) is 0 Å². The third-order valence-electron chi connectivity index (χ3n) is 1.84. The lowest BCUT2D eigenvalue weighted by Crippen LogP contribution is -1.91. The van der Waals surface area contributed by atoms with Crippen LogP contribution in [0.1, 0.15) is 33.3 Å². The number of allylic oxidation sites excluding steroid dienone is 3. The van der Waals surface area contributed by atoms with Crippen LogP contribution in [-0.2, 0) is 0 Å². The monoisotopic (exact) mass is 277 g/mol. The van der Waals surface area contributed by atoms with Crippen LogP contribution in [0, 0.1) is 6.92 Å². The molecule has 114 valence electrons. The van der Waals surface area contributed by atoms with Gasteiger partial charge in [0.15, 0.2) is 0 Å². The lowest BCUT2D eigenvalue weighted by atomic mass is 10.2. The molecule has 0 radical (unpaired) electrons. The van der Waals surface area contributed by atoms with Crippen molar-refractivity contribution in [2.75, 3.05) is 11.5 Å². The first-order valence-electron chi connectivity index (χ1n) is 6.83. The number of nitrogen functional groups attached to an aromatic ring is 2. The first kappa shape index (κ1) is 23.0. The highest BCUT2D eigenvalue weighted by Gasteiger charge is 1.90. The first-order valence-corrected chi connectivity index (χ1v) is 6.83. The number of rotatable bonds is 2. The van der Waals surface area contributed by atoms with Crippen molar-refractivity contribution in [3.8, 4) is 0 Å². The van der Waals surface area contributed by atoms with Crippen molar-refractivity contribution >= 4 is 11.4 Å². The molecule has 0 bridgehead atoms. The molecule has 0 aliphatic carbocycles. The van der Waals surface area contributed by atoms with Gasteiger partial charge >= 0.3 is 0 Å². The average molecular weight is 277 g/mol. The smallest absolute Gasteiger partial charge is 0.0345 e. The number of hydrogen-bond donors (Lipinski definition) is 3. The maximum absolute atomic E-state index is 5.53. The Balaban J connectivity index is -0.000000236. The van der Waals surface area contributed by atoms with Gasteiger partial charge in [0.05, 0.1) is 0 Å². The number of aryl methyl sites for hydroxylation is 1. The highest BCUT2D eigenvalue weighted by molar-refractivity contribution is 5.54. The Morgan fingerprint density at radius 1 is 1.05 bits per heavy atom. The molecule has 3 heteroatoms. The van der Waals surface area contributed by atoms with E-state index in [1.807, 2.05) is 46.8 Å². The van der Waals surface area contributed by atoms with Gasteiger partial charge in [0.25, 0.3) is 0 Å². The minimum absolute atomic E-state index is 0.648. The Labute approximate surface area is 124 Å². The van der Waals surface area contributed by atoms with Gasteiger partial charge in [-0.05, 0) is 42.8 Å². The lowest BCUT2D eigenvalue weighted by Gasteiger charge is -1.98. The molecule has 0 unspecified atom stereocenters. The fourth-order valence-electron chi connectivity index (χ4n) is 0.903. The maximum Gasteiger partial charge on any atom is 0.0345 e. The van der Waals surface area contributed by atoms with Gasteiger partial charge in [-0.2, -0.15) is 0 Å². The van der Waals surface area contributed by atoms with E-state index in [0.717, 1.165) is 16.9 Å². The summed E-state index contributed by atoms with van der Waals surface area (Å²) in [5.41, 5.74) is 19.5. The van der Waals surface area contributed by atoms with Crippen molar-refractivity contribution in [2.24, 2.45) is 5.73 Å². The van der Waals surface area contributed by atoms with E-state index < -0.39 is 0 Å². The third-order valence-corrected chi connectivity index (χ3v) is 1.84. The molecule has 20 heavy (non-hydrogen) atoms. The number of nitrogens with two attached hydrogens (primary N) is 3. The van der Waals surface area contributed by atoms with Crippen molar-refractivity contribution in [3.05, 3.63) is 60.8 Å². The topological polar surface area (TPSA) is 78.1 Å². The predicted octanol–water partition coefficient (Wildman–Crippen LogP) is 4.41. The van der Waals surface area contributed by atoms with E-state index in [-0.39, 0.29) is 0 Å². The fraction of sp³-hybridized carbons (Fsp3) is 0.294. The lowest BCUT2D eigenvalue weighted by molar-refractivity contribution is 1.44. The number of anilines is 2. The van der Waals surface area contributed by atoms with Crippen molar-refractivity contribution in [3.63, 3.8) is 0 Å². The molecule has 0 saturated heterocycles. The highest BCUT2D eigenvalue weighted by Crippen LogP contribution is 2.12. The molecule has 1 aromatic carbocycles. The Morgan fingerprint density at radius 2 is 1.55 bits per heavy atom. The third kappa shape index (κ3) is 13.9. The molecule has 0 amide bonds. The zero-order valence-electron chi connectivity index (χ0n) is 13.6. The molecule has 0 saturated carbocycles. The fourth-order valence-corrected chi connectivity index (χ4v) is 0.903. The van der Waals surface area contributed by atoms with Crippen molar-refractivity contribution in [2.45, 2.75) is 34.6 Å². The summed E-state index contributed by atoms with van der Waals surface area (Å²) in [5.74, 6) is 0. The summed E-state index contributed by atoms with van der Waals surface area (Å²) in [7, 11) is 0. The molecule has 1 rings (SSSR count). The molecule has 6 N–H and O–H groups in total. The summed E-state index contributed by atoms with van der Waals surface area (Å²) in [6, 6.07) is 5.46. The molecule has 0 fully saturated rings. The second kappa shape index (κ2) is 16.8. The number of benzene rings is 1. The van der Waals surface area contributed by atoms with Crippen molar-refractivity contribution in [1.82, 2.24) is 0 Å². The van der Waals surface area contributed by atoms with Crippen LogP contribution in [0.3, 0.4) is 0 Å². The summed E-state index contributed by atoms with van der Waals surface area (Å²) in [4.78, 5) is 0. The molecule has 0 aliphatic rings. The van der Waals surface area contributed by atoms with Gasteiger partial charge in [-0.15, -0.1) is 0 Å². The van der Waals surface area contributed by atoms with Crippen LogP contribution in [0.15, 0.2) is 55.3 Å². The van der Waals surface area contributed by atoms with Crippen LogP contribution < -0.4 is 17.2 Å². The SMILES string of the molecule is C=C/C=C(/N)C=C.CC.CC.Cc1cc(N)ccc1N. The predicted molar refractivity (Wildman–Crippen MR) is 95.4 cm³/mol. The van der Waals surface area contributed by atoms with E-state index in [9.17, 15) is 0 Å². The molecular weight excluding hydrogens is 246 g/mol. The van der Waals surface area contributed by atoms with Gasteiger partial charge in [0.1, 0.15) is 0 Å². The van der Waals surface area contributed by atoms with Gasteiger partial charge in [-0.25, -0.2) is 0 Å². The van der Waals surface area contributed by atoms with E-state index in [4.69, 9.17) is 17.2 Å². The van der Waals surface area contributed by atoms with E-state index in [1.54, 1.807) is 24.3 Å². The summed E-state index contributed by atoms with van der Waals surface area (Å²) < 4.78 is 0. The molecular formula is C17H31N3. The van der Waals surface area contributed by atoms with E-state index >= 15 is 0 Å². The molecule has 0 atom stereocenters. The molecule has 1 aromatic rings. The second-order valence-electron chi connectivity index (χ2n) is 3.22. The maximum atomic E-state index is 5.53. The average Bonchev–Trinajstić information content (AvgIpc) is 2.48. The summed E-state index contributed by atoms with van der Waals surface area (Å²) in [5, 5.41) is 0. The largest absolute Gasteiger partial charge is 0.399 e. The van der Waals surface area contributed by atoms with Crippen molar-refractivity contribution in [1.29, 1.82) is 0 Å². The molecule has 0 aromatic heterocycles. The van der Waals surface area contributed by atoms with Gasteiger partial charge in [-0.1, -0.05) is 46.9 Å².